The van der Waals surface area contributed by atoms with E-state index in [1.54, 1.807) is 12.1 Å². The van der Waals surface area contributed by atoms with Gasteiger partial charge in [0.2, 0.25) is 0 Å². The predicted molar refractivity (Wildman–Crippen MR) is 60.8 cm³/mol. The van der Waals surface area contributed by atoms with E-state index in [9.17, 15) is 4.79 Å². The van der Waals surface area contributed by atoms with Crippen molar-refractivity contribution in [2.75, 3.05) is 0 Å². The van der Waals surface area contributed by atoms with Crippen LogP contribution in [0.15, 0.2) is 22.7 Å². The van der Waals surface area contributed by atoms with Crippen LogP contribution in [-0.2, 0) is 4.79 Å². The van der Waals surface area contributed by atoms with Crippen LogP contribution >= 0.6 is 39.1 Å². The van der Waals surface area contributed by atoms with Gasteiger partial charge in [0.1, 0.15) is 0 Å². The van der Waals surface area contributed by atoms with Crippen LogP contribution in [0, 0.1) is 0 Å². The Labute approximate surface area is 99.3 Å². The van der Waals surface area contributed by atoms with E-state index in [4.69, 9.17) is 28.3 Å². The normalized spacial score (nSPS) is 10.8. The molecule has 0 atom stereocenters. The molecule has 0 bridgehead atoms. The average Bonchev–Trinajstić information content (AvgIpc) is 2.01. The first kappa shape index (κ1) is 11.6. The van der Waals surface area contributed by atoms with E-state index in [0.717, 1.165) is 6.08 Å². The molecule has 74 valence electrons. The maximum atomic E-state index is 10.3. The third-order valence-corrected chi connectivity index (χ3v) is 2.62. The van der Waals surface area contributed by atoms with Crippen LogP contribution < -0.4 is 0 Å². The molecule has 0 aliphatic rings. The van der Waals surface area contributed by atoms with Crippen LogP contribution in [0.3, 0.4) is 0 Å². The zero-order valence-electron chi connectivity index (χ0n) is 6.80. The minimum atomic E-state index is -1.03. The number of aliphatic carboxylic acids is 1. The fourth-order valence-corrected chi connectivity index (χ4v) is 2.26. The van der Waals surface area contributed by atoms with Crippen LogP contribution in [0.1, 0.15) is 5.56 Å². The van der Waals surface area contributed by atoms with Crippen molar-refractivity contribution in [3.05, 3.63) is 38.3 Å². The zero-order valence-corrected chi connectivity index (χ0v) is 9.90. The highest BCUT2D eigenvalue weighted by Gasteiger charge is 2.04. The number of carboxylic acids is 1. The molecule has 2 nitrogen and oxygen atoms in total. The van der Waals surface area contributed by atoms with Crippen LogP contribution in [0.4, 0.5) is 0 Å². The maximum Gasteiger partial charge on any atom is 0.328 e. The van der Waals surface area contributed by atoms with E-state index in [2.05, 4.69) is 15.9 Å². The van der Waals surface area contributed by atoms with E-state index in [1.165, 1.54) is 6.08 Å². The fraction of sp³-hybridized carbons (Fsp3) is 0. The Balaban J connectivity index is 3.15. The fourth-order valence-electron chi connectivity index (χ4n) is 0.867. The summed E-state index contributed by atoms with van der Waals surface area (Å²) < 4.78 is 0.660. The Morgan fingerprint density at radius 1 is 1.43 bits per heavy atom. The summed E-state index contributed by atoms with van der Waals surface area (Å²) in [6.45, 7) is 0. The van der Waals surface area contributed by atoms with Gasteiger partial charge in [0.25, 0.3) is 0 Å². The van der Waals surface area contributed by atoms with Crippen LogP contribution in [0.5, 0.6) is 0 Å². The second-order valence-electron chi connectivity index (χ2n) is 2.45. The number of rotatable bonds is 2. The second-order valence-corrected chi connectivity index (χ2v) is 4.15. The summed E-state index contributed by atoms with van der Waals surface area (Å²) in [6.07, 6.45) is 2.42. The van der Waals surface area contributed by atoms with E-state index in [0.29, 0.717) is 20.1 Å². The third-order valence-electron chi connectivity index (χ3n) is 1.44. The molecular formula is C9H5BrCl2O2. The van der Waals surface area contributed by atoms with Gasteiger partial charge in [-0.25, -0.2) is 4.79 Å². The minimum Gasteiger partial charge on any atom is -0.478 e. The van der Waals surface area contributed by atoms with Crippen molar-refractivity contribution in [1.82, 2.24) is 0 Å². The Kier molecular flexibility index (Phi) is 3.98. The van der Waals surface area contributed by atoms with Crippen molar-refractivity contribution in [2.45, 2.75) is 0 Å². The highest BCUT2D eigenvalue weighted by Crippen LogP contribution is 2.30. The molecule has 0 fully saturated rings. The molecule has 1 rings (SSSR count). The van der Waals surface area contributed by atoms with Gasteiger partial charge in [-0.05, 0) is 18.2 Å². The zero-order chi connectivity index (χ0) is 10.7. The molecular weight excluding hydrogens is 291 g/mol. The monoisotopic (exact) mass is 294 g/mol. The quantitative estimate of drug-likeness (QED) is 0.842. The van der Waals surface area contributed by atoms with Gasteiger partial charge >= 0.3 is 5.97 Å². The van der Waals surface area contributed by atoms with Crippen molar-refractivity contribution in [2.24, 2.45) is 0 Å². The van der Waals surface area contributed by atoms with E-state index >= 15 is 0 Å². The molecule has 1 aromatic rings. The first-order valence-electron chi connectivity index (χ1n) is 3.56. The molecule has 0 spiro atoms. The van der Waals surface area contributed by atoms with Gasteiger partial charge in [-0.15, -0.1) is 0 Å². The van der Waals surface area contributed by atoms with Gasteiger partial charge in [0.05, 0.1) is 5.02 Å². The summed E-state index contributed by atoms with van der Waals surface area (Å²) in [4.78, 5) is 10.3. The topological polar surface area (TPSA) is 37.3 Å². The Bertz CT molecular complexity index is 379. The number of hydrogen-bond acceptors (Lipinski definition) is 1. The molecule has 0 aliphatic heterocycles. The first-order chi connectivity index (χ1) is 6.50. The largest absolute Gasteiger partial charge is 0.478 e. The Hall–Kier alpha value is -0.510. The van der Waals surface area contributed by atoms with Gasteiger partial charge in [0, 0.05) is 21.1 Å². The van der Waals surface area contributed by atoms with Gasteiger partial charge in [0.15, 0.2) is 0 Å². The number of carbonyl (C=O) groups is 1. The van der Waals surface area contributed by atoms with Crippen molar-refractivity contribution >= 4 is 51.2 Å². The molecule has 0 unspecified atom stereocenters. The number of carboxylic acid groups (broad SMARTS) is 1. The van der Waals surface area contributed by atoms with E-state index in [-0.39, 0.29) is 0 Å². The summed E-state index contributed by atoms with van der Waals surface area (Å²) in [7, 11) is 0. The minimum absolute atomic E-state index is 0.405. The summed E-state index contributed by atoms with van der Waals surface area (Å²) >= 11 is 14.8. The molecule has 1 aromatic carbocycles. The highest BCUT2D eigenvalue weighted by atomic mass is 79.9. The predicted octanol–water partition coefficient (Wildman–Crippen LogP) is 3.85. The average molecular weight is 296 g/mol. The van der Waals surface area contributed by atoms with Crippen molar-refractivity contribution in [1.29, 1.82) is 0 Å². The molecule has 1 N–H and O–H groups in total. The summed E-state index contributed by atoms with van der Waals surface area (Å²) in [5, 5.41) is 9.34. The SMILES string of the molecule is O=C(O)/C=C/c1c(Cl)cc(Cl)cc1Br. The lowest BCUT2D eigenvalue weighted by Crippen LogP contribution is -1.87. The Morgan fingerprint density at radius 2 is 2.07 bits per heavy atom. The van der Waals surface area contributed by atoms with Crippen molar-refractivity contribution in [3.63, 3.8) is 0 Å². The van der Waals surface area contributed by atoms with Crippen LogP contribution in [-0.4, -0.2) is 11.1 Å². The second kappa shape index (κ2) is 4.82. The Morgan fingerprint density at radius 3 is 2.57 bits per heavy atom. The number of benzene rings is 1. The van der Waals surface area contributed by atoms with Crippen molar-refractivity contribution < 1.29 is 9.90 Å². The van der Waals surface area contributed by atoms with Crippen LogP contribution in [0.25, 0.3) is 6.08 Å². The third kappa shape index (κ3) is 3.01. The molecule has 0 saturated carbocycles. The van der Waals surface area contributed by atoms with E-state index < -0.39 is 5.97 Å². The van der Waals surface area contributed by atoms with Gasteiger partial charge in [-0.3, -0.25) is 0 Å². The molecule has 14 heavy (non-hydrogen) atoms. The lowest BCUT2D eigenvalue weighted by atomic mass is 10.2. The summed E-state index contributed by atoms with van der Waals surface area (Å²) in [5.74, 6) is -1.03. The summed E-state index contributed by atoms with van der Waals surface area (Å²) in [5.41, 5.74) is 0.596. The highest BCUT2D eigenvalue weighted by molar-refractivity contribution is 9.10. The molecule has 0 saturated heterocycles. The van der Waals surface area contributed by atoms with Crippen molar-refractivity contribution in [3.8, 4) is 0 Å². The van der Waals surface area contributed by atoms with Crippen LogP contribution in [0.2, 0.25) is 10.0 Å². The molecule has 0 amide bonds. The smallest absolute Gasteiger partial charge is 0.328 e. The van der Waals surface area contributed by atoms with Gasteiger partial charge < -0.3 is 5.11 Å². The lowest BCUT2D eigenvalue weighted by molar-refractivity contribution is -0.131. The maximum absolute atomic E-state index is 10.3. The van der Waals surface area contributed by atoms with Gasteiger partial charge in [-0.1, -0.05) is 39.1 Å². The van der Waals surface area contributed by atoms with E-state index in [1.807, 2.05) is 0 Å². The number of halogens is 3. The molecule has 0 heterocycles. The molecule has 0 radical (unpaired) electrons. The molecule has 0 aromatic heterocycles. The first-order valence-corrected chi connectivity index (χ1v) is 5.11. The van der Waals surface area contributed by atoms with Gasteiger partial charge in [-0.2, -0.15) is 0 Å². The molecule has 0 aliphatic carbocycles. The number of hydrogen-bond donors (Lipinski definition) is 1. The standard InChI is InChI=1S/C9H5BrCl2O2/c10-7-3-5(11)4-8(12)6(7)1-2-9(13)14/h1-4H,(H,13,14)/b2-1+. The lowest BCUT2D eigenvalue weighted by Gasteiger charge is -2.02. The molecule has 5 heteroatoms. The summed E-state index contributed by atoms with van der Waals surface area (Å²) in [6, 6.07) is 3.20.